The van der Waals surface area contributed by atoms with Gasteiger partial charge in [-0.25, -0.2) is 9.59 Å². The van der Waals surface area contributed by atoms with Crippen LogP contribution in [0, 0.1) is 5.92 Å². The van der Waals surface area contributed by atoms with Crippen molar-refractivity contribution in [1.29, 1.82) is 0 Å². The Labute approximate surface area is 131 Å². The molecule has 1 aromatic rings. The van der Waals surface area contributed by atoms with Gasteiger partial charge in [-0.1, -0.05) is 18.2 Å². The maximum atomic E-state index is 12.7. The topological polar surface area (TPSA) is 69.6 Å². The fourth-order valence-electron chi connectivity index (χ4n) is 2.59. The van der Waals surface area contributed by atoms with Crippen molar-refractivity contribution in [3.8, 4) is 0 Å². The summed E-state index contributed by atoms with van der Waals surface area (Å²) in [5.41, 5.74) is 0.456. The molecule has 1 fully saturated rings. The lowest BCUT2D eigenvalue weighted by atomic mass is 9.98. The van der Waals surface area contributed by atoms with Crippen LogP contribution in [0.15, 0.2) is 24.3 Å². The van der Waals surface area contributed by atoms with Crippen LogP contribution in [0.5, 0.6) is 0 Å². The zero-order valence-corrected chi connectivity index (χ0v) is 12.3. The Morgan fingerprint density at radius 3 is 2.65 bits per heavy atom. The molecule has 1 aliphatic rings. The number of nitrogens with one attached hydrogen (secondary N) is 1. The van der Waals surface area contributed by atoms with Gasteiger partial charge in [0, 0.05) is 19.6 Å². The SMILES string of the molecule is O=C(O)c1ccccc1CNC(=O)N1CCCC(C(F)(F)F)C1. The summed E-state index contributed by atoms with van der Waals surface area (Å²) < 4.78 is 38.2. The van der Waals surface area contributed by atoms with Gasteiger partial charge in [-0.15, -0.1) is 0 Å². The highest BCUT2D eigenvalue weighted by molar-refractivity contribution is 5.89. The van der Waals surface area contributed by atoms with Crippen LogP contribution in [-0.2, 0) is 6.54 Å². The summed E-state index contributed by atoms with van der Waals surface area (Å²) in [4.78, 5) is 24.2. The lowest BCUT2D eigenvalue weighted by Gasteiger charge is -2.33. The first-order chi connectivity index (χ1) is 10.8. The van der Waals surface area contributed by atoms with Crippen LogP contribution in [0.3, 0.4) is 0 Å². The Bertz CT molecular complexity index is 590. The Kier molecular flexibility index (Phi) is 5.12. The zero-order valence-electron chi connectivity index (χ0n) is 12.3. The van der Waals surface area contributed by atoms with Gasteiger partial charge in [0.1, 0.15) is 0 Å². The average molecular weight is 330 g/mol. The van der Waals surface area contributed by atoms with Crippen LogP contribution in [0.1, 0.15) is 28.8 Å². The number of rotatable bonds is 3. The molecule has 1 aliphatic heterocycles. The molecule has 1 aromatic carbocycles. The predicted molar refractivity (Wildman–Crippen MR) is 76.0 cm³/mol. The minimum atomic E-state index is -4.31. The maximum absolute atomic E-state index is 12.7. The lowest BCUT2D eigenvalue weighted by molar-refractivity contribution is -0.184. The second-order valence-electron chi connectivity index (χ2n) is 5.45. The minimum absolute atomic E-state index is 0.0229. The van der Waals surface area contributed by atoms with Crippen LogP contribution >= 0.6 is 0 Å². The zero-order chi connectivity index (χ0) is 17.0. The molecular weight excluding hydrogens is 313 g/mol. The highest BCUT2D eigenvalue weighted by atomic mass is 19.4. The van der Waals surface area contributed by atoms with E-state index in [1.54, 1.807) is 18.2 Å². The molecule has 0 bridgehead atoms. The number of likely N-dealkylation sites (tertiary alicyclic amines) is 1. The highest BCUT2D eigenvalue weighted by Gasteiger charge is 2.42. The number of hydrogen-bond acceptors (Lipinski definition) is 2. The van der Waals surface area contributed by atoms with E-state index in [4.69, 9.17) is 5.11 Å². The number of carbonyl (C=O) groups excluding carboxylic acids is 1. The van der Waals surface area contributed by atoms with E-state index in [0.717, 1.165) is 4.90 Å². The van der Waals surface area contributed by atoms with Gasteiger partial charge in [0.25, 0.3) is 0 Å². The highest BCUT2D eigenvalue weighted by Crippen LogP contribution is 2.33. The molecular formula is C15H17F3N2O3. The van der Waals surface area contributed by atoms with Crippen molar-refractivity contribution in [2.45, 2.75) is 25.6 Å². The molecule has 0 saturated carbocycles. The first kappa shape index (κ1) is 17.1. The molecule has 23 heavy (non-hydrogen) atoms. The number of nitrogens with zero attached hydrogens (tertiary/aromatic N) is 1. The molecule has 1 atom stereocenters. The summed E-state index contributed by atoms with van der Waals surface area (Å²) in [6.45, 7) is -0.149. The van der Waals surface area contributed by atoms with Gasteiger partial charge in [-0.05, 0) is 24.5 Å². The minimum Gasteiger partial charge on any atom is -0.478 e. The second-order valence-corrected chi connectivity index (χ2v) is 5.45. The molecule has 2 N–H and O–H groups in total. The molecule has 1 saturated heterocycles. The number of amides is 2. The first-order valence-electron chi connectivity index (χ1n) is 7.19. The summed E-state index contributed by atoms with van der Waals surface area (Å²) in [7, 11) is 0. The Morgan fingerprint density at radius 2 is 2.00 bits per heavy atom. The van der Waals surface area contributed by atoms with Crippen LogP contribution < -0.4 is 5.32 Å². The van der Waals surface area contributed by atoms with Gasteiger partial charge in [0.05, 0.1) is 11.5 Å². The third-order valence-corrected chi connectivity index (χ3v) is 3.85. The molecule has 2 amide bonds. The largest absolute Gasteiger partial charge is 0.478 e. The first-order valence-corrected chi connectivity index (χ1v) is 7.19. The molecule has 5 nitrogen and oxygen atoms in total. The van der Waals surface area contributed by atoms with E-state index >= 15 is 0 Å². The van der Waals surface area contributed by atoms with E-state index < -0.39 is 24.1 Å². The van der Waals surface area contributed by atoms with Gasteiger partial charge in [-0.3, -0.25) is 0 Å². The summed E-state index contributed by atoms with van der Waals surface area (Å²) >= 11 is 0. The molecule has 2 rings (SSSR count). The number of piperidine rings is 1. The van der Waals surface area contributed by atoms with Crippen molar-refractivity contribution in [2.75, 3.05) is 13.1 Å². The molecule has 0 aliphatic carbocycles. The summed E-state index contributed by atoms with van der Waals surface area (Å²) in [5.74, 6) is -2.63. The number of carboxylic acid groups (broad SMARTS) is 1. The quantitative estimate of drug-likeness (QED) is 0.895. The van der Waals surface area contributed by atoms with Crippen molar-refractivity contribution < 1.29 is 27.9 Å². The van der Waals surface area contributed by atoms with Gasteiger partial charge in [0.2, 0.25) is 0 Å². The number of aromatic carboxylic acids is 1. The number of carboxylic acids is 1. The summed E-state index contributed by atoms with van der Waals surface area (Å²) in [5, 5.41) is 11.5. The molecule has 0 aromatic heterocycles. The normalized spacial score (nSPS) is 18.6. The van der Waals surface area contributed by atoms with Crippen molar-refractivity contribution >= 4 is 12.0 Å². The fraction of sp³-hybridized carbons (Fsp3) is 0.467. The summed E-state index contributed by atoms with van der Waals surface area (Å²) in [6, 6.07) is 5.55. The molecule has 126 valence electrons. The molecule has 0 radical (unpaired) electrons. The third-order valence-electron chi connectivity index (χ3n) is 3.85. The van der Waals surface area contributed by atoms with Gasteiger partial charge >= 0.3 is 18.2 Å². The number of benzene rings is 1. The second kappa shape index (κ2) is 6.89. The van der Waals surface area contributed by atoms with Crippen LogP contribution in [0.25, 0.3) is 0 Å². The number of urea groups is 1. The van der Waals surface area contributed by atoms with Crippen LogP contribution in [0.4, 0.5) is 18.0 Å². The van der Waals surface area contributed by atoms with Crippen molar-refractivity contribution in [2.24, 2.45) is 5.92 Å². The molecule has 1 heterocycles. The van der Waals surface area contributed by atoms with Gasteiger partial charge in [0.15, 0.2) is 0 Å². The van der Waals surface area contributed by atoms with E-state index in [-0.39, 0.29) is 31.6 Å². The number of alkyl halides is 3. The van der Waals surface area contributed by atoms with Gasteiger partial charge < -0.3 is 15.3 Å². The lowest BCUT2D eigenvalue weighted by Crippen LogP contribution is -2.48. The Balaban J connectivity index is 1.96. The van der Waals surface area contributed by atoms with Crippen molar-refractivity contribution in [3.63, 3.8) is 0 Å². The van der Waals surface area contributed by atoms with Crippen LogP contribution in [0.2, 0.25) is 0 Å². The fourth-order valence-corrected chi connectivity index (χ4v) is 2.59. The molecule has 0 spiro atoms. The van der Waals surface area contributed by atoms with Gasteiger partial charge in [-0.2, -0.15) is 13.2 Å². The van der Waals surface area contributed by atoms with E-state index in [2.05, 4.69) is 5.32 Å². The van der Waals surface area contributed by atoms with E-state index in [9.17, 15) is 22.8 Å². The van der Waals surface area contributed by atoms with Crippen molar-refractivity contribution in [1.82, 2.24) is 10.2 Å². The smallest absolute Gasteiger partial charge is 0.393 e. The third kappa shape index (κ3) is 4.37. The predicted octanol–water partition coefficient (Wildman–Crippen LogP) is 2.87. The Hall–Kier alpha value is -2.25. The number of carbonyl (C=O) groups is 2. The maximum Gasteiger partial charge on any atom is 0.393 e. The van der Waals surface area contributed by atoms with Crippen molar-refractivity contribution in [3.05, 3.63) is 35.4 Å². The molecule has 8 heteroatoms. The average Bonchev–Trinajstić information content (AvgIpc) is 2.52. The Morgan fingerprint density at radius 1 is 1.30 bits per heavy atom. The monoisotopic (exact) mass is 330 g/mol. The standard InChI is InChI=1S/C15H17F3N2O3/c16-15(17,18)11-5-3-7-20(9-11)14(23)19-8-10-4-1-2-6-12(10)13(21)22/h1-2,4,6,11H,3,5,7-9H2,(H,19,23)(H,21,22). The van der Waals surface area contributed by atoms with Crippen LogP contribution in [-0.4, -0.2) is 41.3 Å². The van der Waals surface area contributed by atoms with E-state index in [1.165, 1.54) is 6.07 Å². The van der Waals surface area contributed by atoms with E-state index in [1.807, 2.05) is 0 Å². The number of hydrogen-bond donors (Lipinski definition) is 2. The number of halogens is 3. The molecule has 1 unspecified atom stereocenters. The van der Waals surface area contributed by atoms with E-state index in [0.29, 0.717) is 12.0 Å². The summed E-state index contributed by atoms with van der Waals surface area (Å²) in [6.07, 6.45) is -3.99.